The van der Waals surface area contributed by atoms with Gasteiger partial charge in [0.25, 0.3) is 0 Å². The summed E-state index contributed by atoms with van der Waals surface area (Å²) in [5.74, 6) is -1.73. The second kappa shape index (κ2) is 6.91. The molecule has 2 rings (SSSR count). The van der Waals surface area contributed by atoms with Crippen LogP contribution in [0.1, 0.15) is 12.5 Å². The van der Waals surface area contributed by atoms with Crippen molar-refractivity contribution < 1.29 is 19.4 Å². The molecule has 1 aliphatic heterocycles. The molecule has 0 radical (unpaired) electrons. The van der Waals surface area contributed by atoms with E-state index < -0.39 is 17.9 Å². The van der Waals surface area contributed by atoms with Crippen molar-refractivity contribution in [2.45, 2.75) is 19.4 Å². The number of hydrogen-bond acceptors (Lipinski definition) is 3. The van der Waals surface area contributed by atoms with Crippen molar-refractivity contribution in [2.24, 2.45) is 5.92 Å². The van der Waals surface area contributed by atoms with Crippen LogP contribution in [-0.2, 0) is 20.7 Å². The molecule has 21 heavy (non-hydrogen) atoms. The van der Waals surface area contributed by atoms with E-state index in [-0.39, 0.29) is 25.5 Å². The number of carboxylic acids is 1. The zero-order chi connectivity index (χ0) is 15.4. The van der Waals surface area contributed by atoms with Crippen LogP contribution in [0.3, 0.4) is 0 Å². The van der Waals surface area contributed by atoms with Crippen LogP contribution in [-0.4, -0.2) is 47.7 Å². The number of carboxylic acid groups (broad SMARTS) is 1. The molecular weight excluding hydrogens is 294 g/mol. The Hall–Kier alpha value is -1.59. The number of nitrogens with zero attached hydrogens (tertiary/aromatic N) is 1. The van der Waals surface area contributed by atoms with Crippen molar-refractivity contribution in [1.29, 1.82) is 0 Å². The van der Waals surface area contributed by atoms with Crippen LogP contribution < -0.4 is 0 Å². The SMILES string of the molecule is CCN(C(=O)Cc1ccccc1Cl)C1COCC1C(=O)O. The molecule has 5 nitrogen and oxygen atoms in total. The Bertz CT molecular complexity index is 534. The number of carbonyl (C=O) groups excluding carboxylic acids is 1. The smallest absolute Gasteiger partial charge is 0.311 e. The Kier molecular flexibility index (Phi) is 5.20. The average Bonchev–Trinajstić information content (AvgIpc) is 2.91. The van der Waals surface area contributed by atoms with Crippen LogP contribution in [0.25, 0.3) is 0 Å². The Morgan fingerprint density at radius 2 is 2.10 bits per heavy atom. The summed E-state index contributed by atoms with van der Waals surface area (Å²) in [6, 6.07) is 6.75. The fourth-order valence-corrected chi connectivity index (χ4v) is 2.79. The Morgan fingerprint density at radius 3 is 2.71 bits per heavy atom. The first-order chi connectivity index (χ1) is 10.0. The molecule has 0 aliphatic carbocycles. The van der Waals surface area contributed by atoms with Gasteiger partial charge in [0.1, 0.15) is 5.92 Å². The summed E-state index contributed by atoms with van der Waals surface area (Å²) < 4.78 is 5.24. The van der Waals surface area contributed by atoms with Gasteiger partial charge in [0.2, 0.25) is 5.91 Å². The minimum atomic E-state index is -0.929. The molecule has 1 aliphatic rings. The number of halogens is 1. The maximum absolute atomic E-state index is 12.5. The van der Waals surface area contributed by atoms with Crippen LogP contribution >= 0.6 is 11.6 Å². The molecule has 1 heterocycles. The lowest BCUT2D eigenvalue weighted by Crippen LogP contribution is -2.47. The maximum Gasteiger partial charge on any atom is 0.311 e. The zero-order valence-electron chi connectivity index (χ0n) is 11.8. The lowest BCUT2D eigenvalue weighted by Gasteiger charge is -2.29. The highest BCUT2D eigenvalue weighted by molar-refractivity contribution is 6.31. The standard InChI is InChI=1S/C15H18ClNO4/c1-2-17(13-9-21-8-11(13)15(19)20)14(18)7-10-5-3-4-6-12(10)16/h3-6,11,13H,2,7-9H2,1H3,(H,19,20). The van der Waals surface area contributed by atoms with E-state index in [4.69, 9.17) is 16.3 Å². The van der Waals surface area contributed by atoms with Crippen molar-refractivity contribution in [3.05, 3.63) is 34.9 Å². The lowest BCUT2D eigenvalue weighted by molar-refractivity contribution is -0.144. The molecule has 0 aromatic heterocycles. The largest absolute Gasteiger partial charge is 0.481 e. The highest BCUT2D eigenvalue weighted by atomic mass is 35.5. The van der Waals surface area contributed by atoms with Gasteiger partial charge >= 0.3 is 5.97 Å². The van der Waals surface area contributed by atoms with Crippen molar-refractivity contribution >= 4 is 23.5 Å². The van der Waals surface area contributed by atoms with Gasteiger partial charge in [-0.25, -0.2) is 0 Å². The first-order valence-corrected chi connectivity index (χ1v) is 7.25. The van der Waals surface area contributed by atoms with E-state index in [0.717, 1.165) is 5.56 Å². The first kappa shape index (κ1) is 15.8. The van der Waals surface area contributed by atoms with Gasteiger partial charge in [0, 0.05) is 11.6 Å². The summed E-state index contributed by atoms with van der Waals surface area (Å²) in [4.78, 5) is 25.3. The van der Waals surface area contributed by atoms with Crippen molar-refractivity contribution in [1.82, 2.24) is 4.90 Å². The van der Waals surface area contributed by atoms with Gasteiger partial charge in [0.05, 0.1) is 25.7 Å². The van der Waals surface area contributed by atoms with Crippen LogP contribution in [0.2, 0.25) is 5.02 Å². The quantitative estimate of drug-likeness (QED) is 0.901. The van der Waals surface area contributed by atoms with Gasteiger partial charge in [0.15, 0.2) is 0 Å². The summed E-state index contributed by atoms with van der Waals surface area (Å²) in [6.45, 7) is 2.69. The minimum Gasteiger partial charge on any atom is -0.481 e. The van der Waals surface area contributed by atoms with E-state index in [1.807, 2.05) is 13.0 Å². The monoisotopic (exact) mass is 311 g/mol. The number of aliphatic carboxylic acids is 1. The van der Waals surface area contributed by atoms with Gasteiger partial charge in [-0.1, -0.05) is 29.8 Å². The Labute approximate surface area is 128 Å². The van der Waals surface area contributed by atoms with Crippen LogP contribution in [0.5, 0.6) is 0 Å². The third-order valence-electron chi connectivity index (χ3n) is 3.73. The number of hydrogen-bond donors (Lipinski definition) is 1. The summed E-state index contributed by atoms with van der Waals surface area (Å²) in [6.07, 6.45) is 0.163. The van der Waals surface area contributed by atoms with Gasteiger partial charge in [-0.2, -0.15) is 0 Å². The Morgan fingerprint density at radius 1 is 1.38 bits per heavy atom. The van der Waals surface area contributed by atoms with Crippen molar-refractivity contribution in [2.75, 3.05) is 19.8 Å². The topological polar surface area (TPSA) is 66.8 Å². The highest BCUT2D eigenvalue weighted by Gasteiger charge is 2.39. The first-order valence-electron chi connectivity index (χ1n) is 6.88. The second-order valence-electron chi connectivity index (χ2n) is 5.00. The molecule has 1 amide bonds. The molecule has 1 N–H and O–H groups in total. The van der Waals surface area contributed by atoms with Gasteiger partial charge in [-0.05, 0) is 18.6 Å². The number of benzene rings is 1. The fourth-order valence-electron chi connectivity index (χ4n) is 2.59. The Balaban J connectivity index is 2.12. The molecule has 1 fully saturated rings. The fraction of sp³-hybridized carbons (Fsp3) is 0.467. The minimum absolute atomic E-state index is 0.132. The average molecular weight is 312 g/mol. The summed E-state index contributed by atoms with van der Waals surface area (Å²) in [5, 5.41) is 9.75. The van der Waals surface area contributed by atoms with Gasteiger partial charge in [-0.3, -0.25) is 9.59 Å². The molecule has 0 spiro atoms. The summed E-state index contributed by atoms with van der Waals surface area (Å²) in [7, 11) is 0. The van der Waals surface area contributed by atoms with E-state index in [2.05, 4.69) is 0 Å². The molecule has 1 aromatic carbocycles. The molecule has 2 unspecified atom stereocenters. The van der Waals surface area contributed by atoms with Crippen molar-refractivity contribution in [3.8, 4) is 0 Å². The molecular formula is C15H18ClNO4. The van der Waals surface area contributed by atoms with E-state index in [1.165, 1.54) is 0 Å². The number of ether oxygens (including phenoxy) is 1. The third-order valence-corrected chi connectivity index (χ3v) is 4.10. The highest BCUT2D eigenvalue weighted by Crippen LogP contribution is 2.22. The third kappa shape index (κ3) is 3.54. The summed E-state index contributed by atoms with van der Waals surface area (Å²) >= 11 is 6.07. The number of carbonyl (C=O) groups is 2. The van der Waals surface area contributed by atoms with Gasteiger partial charge < -0.3 is 14.7 Å². The number of amides is 1. The zero-order valence-corrected chi connectivity index (χ0v) is 12.5. The summed E-state index contributed by atoms with van der Waals surface area (Å²) in [5.41, 5.74) is 0.744. The predicted molar refractivity (Wildman–Crippen MR) is 78.3 cm³/mol. The molecule has 1 saturated heterocycles. The van der Waals surface area contributed by atoms with E-state index in [0.29, 0.717) is 11.6 Å². The van der Waals surface area contributed by atoms with Crippen LogP contribution in [0.4, 0.5) is 0 Å². The second-order valence-corrected chi connectivity index (χ2v) is 5.40. The van der Waals surface area contributed by atoms with Crippen molar-refractivity contribution in [3.63, 3.8) is 0 Å². The lowest BCUT2D eigenvalue weighted by atomic mass is 10.0. The number of rotatable bonds is 5. The van der Waals surface area contributed by atoms with E-state index >= 15 is 0 Å². The van der Waals surface area contributed by atoms with Crippen LogP contribution in [0.15, 0.2) is 24.3 Å². The molecule has 6 heteroatoms. The number of likely N-dealkylation sites (N-methyl/N-ethyl adjacent to an activating group) is 1. The maximum atomic E-state index is 12.5. The molecule has 0 saturated carbocycles. The van der Waals surface area contributed by atoms with Crippen LogP contribution in [0, 0.1) is 5.92 Å². The van der Waals surface area contributed by atoms with E-state index in [1.54, 1.807) is 23.1 Å². The molecule has 0 bridgehead atoms. The van der Waals surface area contributed by atoms with Gasteiger partial charge in [-0.15, -0.1) is 0 Å². The molecule has 2 atom stereocenters. The predicted octanol–water partition coefficient (Wildman–Crippen LogP) is 1.83. The molecule has 1 aromatic rings. The normalized spacial score (nSPS) is 21.2. The van der Waals surface area contributed by atoms with E-state index in [9.17, 15) is 14.7 Å². The molecule has 114 valence electrons.